The van der Waals surface area contributed by atoms with Gasteiger partial charge in [-0.15, -0.1) is 11.3 Å². The Balaban J connectivity index is 2.10. The second-order valence-electron chi connectivity index (χ2n) is 4.98. The minimum atomic E-state index is -0.717. The van der Waals surface area contributed by atoms with Crippen LogP contribution < -0.4 is 10.9 Å². The molecule has 0 aliphatic heterocycles. The Morgan fingerprint density at radius 2 is 2.22 bits per heavy atom. The summed E-state index contributed by atoms with van der Waals surface area (Å²) in [6.45, 7) is 3.74. The van der Waals surface area contributed by atoms with Crippen LogP contribution in [0.1, 0.15) is 22.9 Å². The molecule has 0 radical (unpaired) electrons. The van der Waals surface area contributed by atoms with Gasteiger partial charge in [-0.05, 0) is 26.0 Å². The van der Waals surface area contributed by atoms with Crippen molar-refractivity contribution in [2.45, 2.75) is 19.9 Å². The molecular weight excluding hydrogens is 318 g/mol. The molecule has 0 aromatic carbocycles. The highest BCUT2D eigenvalue weighted by atomic mass is 32.1. The maximum atomic E-state index is 12.3. The monoisotopic (exact) mass is 331 g/mol. The largest absolute Gasteiger partial charge is 0.376 e. The average Bonchev–Trinajstić information content (AvgIpc) is 2.94. The van der Waals surface area contributed by atoms with E-state index in [4.69, 9.17) is 0 Å². The van der Waals surface area contributed by atoms with E-state index in [9.17, 15) is 14.9 Å². The lowest BCUT2D eigenvalue weighted by Gasteiger charge is -2.12. The van der Waals surface area contributed by atoms with Crippen molar-refractivity contribution >= 4 is 28.5 Å². The van der Waals surface area contributed by atoms with Crippen molar-refractivity contribution in [3.8, 4) is 0 Å². The number of rotatable bonds is 4. The average molecular weight is 331 g/mol. The lowest BCUT2D eigenvalue weighted by molar-refractivity contribution is -0.385. The molecule has 9 heteroatoms. The predicted octanol–water partition coefficient (Wildman–Crippen LogP) is 2.54. The number of hydrogen-bond acceptors (Lipinski definition) is 7. The van der Waals surface area contributed by atoms with Crippen molar-refractivity contribution in [2.75, 3.05) is 5.32 Å². The molecule has 118 valence electrons. The highest BCUT2D eigenvalue weighted by Crippen LogP contribution is 2.26. The van der Waals surface area contributed by atoms with Crippen LogP contribution in [-0.2, 0) is 0 Å². The molecule has 1 unspecified atom stereocenters. The van der Waals surface area contributed by atoms with Gasteiger partial charge in [-0.3, -0.25) is 19.3 Å². The number of fused-ring (bicyclic) bond motifs is 1. The molecule has 0 fully saturated rings. The molecule has 1 N–H and O–H groups in total. The van der Waals surface area contributed by atoms with Gasteiger partial charge in [0.15, 0.2) is 0 Å². The maximum Gasteiger partial charge on any atom is 0.376 e. The summed E-state index contributed by atoms with van der Waals surface area (Å²) in [6, 6.07) is 4.65. The normalized spacial score (nSPS) is 12.3. The zero-order chi connectivity index (χ0) is 16.6. The van der Waals surface area contributed by atoms with Crippen molar-refractivity contribution < 1.29 is 4.92 Å². The van der Waals surface area contributed by atoms with E-state index in [0.717, 1.165) is 14.3 Å². The Morgan fingerprint density at radius 1 is 1.43 bits per heavy atom. The zero-order valence-electron chi connectivity index (χ0n) is 12.4. The fraction of sp³-hybridized carbons (Fsp3) is 0.214. The molecule has 3 heterocycles. The summed E-state index contributed by atoms with van der Waals surface area (Å²) in [6.07, 6.45) is 3.18. The summed E-state index contributed by atoms with van der Waals surface area (Å²) < 4.78 is 1.15. The Bertz CT molecular complexity index is 949. The Morgan fingerprint density at radius 3 is 2.87 bits per heavy atom. The van der Waals surface area contributed by atoms with Crippen LogP contribution in [0.3, 0.4) is 0 Å². The third kappa shape index (κ3) is 2.78. The van der Waals surface area contributed by atoms with E-state index in [1.165, 1.54) is 17.5 Å². The standard InChI is InChI=1S/C14H13N5O3S/c1-8-7-15-13(23-8)9(2)16-12-11(19(21)22)14(20)18-6-4-3-5-10(18)17-12/h3-7,9,16H,1-2H3. The van der Waals surface area contributed by atoms with Gasteiger partial charge in [-0.25, -0.2) is 9.97 Å². The molecule has 0 bridgehead atoms. The van der Waals surface area contributed by atoms with Crippen LogP contribution in [0.25, 0.3) is 5.65 Å². The molecular formula is C14H13N5O3S. The molecule has 0 aliphatic carbocycles. The number of aromatic nitrogens is 3. The number of nitrogens with zero attached hydrogens (tertiary/aromatic N) is 4. The van der Waals surface area contributed by atoms with Gasteiger partial charge in [0.05, 0.1) is 11.0 Å². The van der Waals surface area contributed by atoms with Crippen molar-refractivity contribution in [1.29, 1.82) is 0 Å². The first-order chi connectivity index (χ1) is 11.0. The van der Waals surface area contributed by atoms with Gasteiger partial charge in [-0.1, -0.05) is 6.07 Å². The second-order valence-corrected chi connectivity index (χ2v) is 6.24. The number of hydrogen-bond donors (Lipinski definition) is 1. The molecule has 3 rings (SSSR count). The molecule has 23 heavy (non-hydrogen) atoms. The van der Waals surface area contributed by atoms with E-state index < -0.39 is 16.2 Å². The first kappa shape index (κ1) is 15.1. The molecule has 8 nitrogen and oxygen atoms in total. The summed E-state index contributed by atoms with van der Waals surface area (Å²) in [7, 11) is 0. The Labute approximate surface area is 134 Å². The lowest BCUT2D eigenvalue weighted by Crippen LogP contribution is -2.22. The van der Waals surface area contributed by atoms with Crippen molar-refractivity contribution in [2.24, 2.45) is 0 Å². The van der Waals surface area contributed by atoms with Gasteiger partial charge in [0.1, 0.15) is 10.7 Å². The van der Waals surface area contributed by atoms with Crippen LogP contribution in [0.5, 0.6) is 0 Å². The minimum Gasteiger partial charge on any atom is -0.355 e. The Hall–Kier alpha value is -2.81. The summed E-state index contributed by atoms with van der Waals surface area (Å²) >= 11 is 1.48. The number of pyridine rings is 1. The van der Waals surface area contributed by atoms with E-state index >= 15 is 0 Å². The SMILES string of the molecule is Cc1cnc(C(C)Nc2nc3ccccn3c(=O)c2[N+](=O)[O-])s1. The van der Waals surface area contributed by atoms with Crippen molar-refractivity contribution in [3.63, 3.8) is 0 Å². The maximum absolute atomic E-state index is 12.3. The van der Waals surface area contributed by atoms with Crippen molar-refractivity contribution in [3.05, 3.63) is 60.9 Å². The summed E-state index contributed by atoms with van der Waals surface area (Å²) in [5.74, 6) is -0.0495. The van der Waals surface area contributed by atoms with Gasteiger partial charge in [0, 0.05) is 17.3 Å². The molecule has 3 aromatic heterocycles. The van der Waals surface area contributed by atoms with E-state index in [-0.39, 0.29) is 11.9 Å². The van der Waals surface area contributed by atoms with E-state index in [0.29, 0.717) is 5.65 Å². The molecule has 0 spiro atoms. The topological polar surface area (TPSA) is 102 Å². The lowest BCUT2D eigenvalue weighted by atomic mass is 10.3. The number of anilines is 1. The zero-order valence-corrected chi connectivity index (χ0v) is 13.2. The van der Waals surface area contributed by atoms with Gasteiger partial charge in [0.2, 0.25) is 5.82 Å². The highest BCUT2D eigenvalue weighted by molar-refractivity contribution is 7.11. The van der Waals surface area contributed by atoms with Crippen molar-refractivity contribution in [1.82, 2.24) is 14.4 Å². The fourth-order valence-corrected chi connectivity index (χ4v) is 2.96. The molecule has 3 aromatic rings. The predicted molar refractivity (Wildman–Crippen MR) is 87.0 cm³/mol. The second kappa shape index (κ2) is 5.76. The van der Waals surface area contributed by atoms with E-state index in [2.05, 4.69) is 15.3 Å². The van der Waals surface area contributed by atoms with Gasteiger partial charge in [0.25, 0.3) is 0 Å². The minimum absolute atomic E-state index is 0.0495. The summed E-state index contributed by atoms with van der Waals surface area (Å²) in [5, 5.41) is 15.0. The third-order valence-corrected chi connectivity index (χ3v) is 4.35. The molecule has 0 saturated carbocycles. The number of aryl methyl sites for hydroxylation is 1. The molecule has 0 aliphatic rings. The van der Waals surface area contributed by atoms with Crippen LogP contribution in [0, 0.1) is 17.0 Å². The number of nitrogens with one attached hydrogen (secondary N) is 1. The van der Waals surface area contributed by atoms with Crippen LogP contribution in [0.4, 0.5) is 11.5 Å². The van der Waals surface area contributed by atoms with Crippen LogP contribution in [0.2, 0.25) is 0 Å². The van der Waals surface area contributed by atoms with Gasteiger partial charge in [-0.2, -0.15) is 0 Å². The third-order valence-electron chi connectivity index (χ3n) is 3.26. The van der Waals surface area contributed by atoms with Crippen LogP contribution in [0.15, 0.2) is 35.4 Å². The fourth-order valence-electron chi connectivity index (χ4n) is 2.18. The van der Waals surface area contributed by atoms with Crippen LogP contribution >= 0.6 is 11.3 Å². The number of thiazole rings is 1. The van der Waals surface area contributed by atoms with E-state index in [1.807, 2.05) is 13.8 Å². The van der Waals surface area contributed by atoms with Gasteiger partial charge >= 0.3 is 11.2 Å². The molecule has 0 saturated heterocycles. The van der Waals surface area contributed by atoms with Crippen LogP contribution in [-0.4, -0.2) is 19.3 Å². The Kier molecular flexibility index (Phi) is 3.78. The number of nitro groups is 1. The van der Waals surface area contributed by atoms with Gasteiger partial charge < -0.3 is 5.32 Å². The highest BCUT2D eigenvalue weighted by Gasteiger charge is 2.25. The quantitative estimate of drug-likeness (QED) is 0.582. The first-order valence-corrected chi connectivity index (χ1v) is 7.63. The molecule has 1 atom stereocenters. The molecule has 0 amide bonds. The van der Waals surface area contributed by atoms with E-state index in [1.54, 1.807) is 24.4 Å². The first-order valence-electron chi connectivity index (χ1n) is 6.82. The summed E-state index contributed by atoms with van der Waals surface area (Å²) in [5.41, 5.74) is -0.951. The smallest absolute Gasteiger partial charge is 0.355 e. The summed E-state index contributed by atoms with van der Waals surface area (Å²) in [4.78, 5) is 32.4.